The molecule has 0 radical (unpaired) electrons. The predicted molar refractivity (Wildman–Crippen MR) is 217 cm³/mol. The van der Waals surface area contributed by atoms with E-state index in [1.54, 1.807) is 5.56 Å². The smallest absolute Gasteiger partial charge is 0.164 e. The SMILES string of the molecule is N#Cc1ccc(-c2ccc(-c3ccc(-c4nc(-c5ccccc5)nc(-c5ccccc5-c5ccc(C67C[C@H]8C[C@@H](C6)C[C@@H](C7)C8)cc5)n4)cc3)cc2)cc1. The van der Waals surface area contributed by atoms with Gasteiger partial charge in [-0.05, 0) is 113 Å². The molecule has 1 heterocycles. The predicted octanol–water partition coefficient (Wildman–Crippen LogP) is 12.2. The fourth-order valence-corrected chi connectivity index (χ4v) is 10.1. The zero-order chi connectivity index (χ0) is 36.1. The molecule has 1 aromatic heterocycles. The molecule has 4 aliphatic rings. The van der Waals surface area contributed by atoms with E-state index in [0.717, 1.165) is 62.3 Å². The fraction of sp³-hybridized carbons (Fsp3) is 0.200. The average Bonchev–Trinajstić information content (AvgIpc) is 3.23. The van der Waals surface area contributed by atoms with Crippen molar-refractivity contribution in [1.82, 2.24) is 15.0 Å². The molecule has 260 valence electrons. The van der Waals surface area contributed by atoms with Gasteiger partial charge in [0, 0.05) is 16.7 Å². The van der Waals surface area contributed by atoms with E-state index < -0.39 is 0 Å². The summed E-state index contributed by atoms with van der Waals surface area (Å²) >= 11 is 0. The molecule has 54 heavy (non-hydrogen) atoms. The molecular weight excluding hydrogens is 657 g/mol. The van der Waals surface area contributed by atoms with Gasteiger partial charge in [-0.25, -0.2) is 15.0 Å². The van der Waals surface area contributed by atoms with Crippen LogP contribution < -0.4 is 0 Å². The zero-order valence-corrected chi connectivity index (χ0v) is 30.2. The van der Waals surface area contributed by atoms with Crippen LogP contribution in [0.3, 0.4) is 0 Å². The monoisotopic (exact) mass is 696 g/mol. The fourth-order valence-electron chi connectivity index (χ4n) is 10.1. The summed E-state index contributed by atoms with van der Waals surface area (Å²) in [7, 11) is 0. The normalized spacial score (nSPS) is 21.1. The van der Waals surface area contributed by atoms with Crippen molar-refractivity contribution in [3.63, 3.8) is 0 Å². The lowest BCUT2D eigenvalue weighted by molar-refractivity contribution is -0.00518. The third-order valence-corrected chi connectivity index (χ3v) is 12.4. The lowest BCUT2D eigenvalue weighted by Gasteiger charge is -2.57. The molecule has 0 unspecified atom stereocenters. The molecule has 0 saturated heterocycles. The Hall–Kier alpha value is -6.18. The van der Waals surface area contributed by atoms with Gasteiger partial charge in [0.05, 0.1) is 11.6 Å². The maximum absolute atomic E-state index is 9.15. The quantitative estimate of drug-likeness (QED) is 0.166. The van der Waals surface area contributed by atoms with E-state index >= 15 is 0 Å². The molecule has 0 N–H and O–H groups in total. The van der Waals surface area contributed by atoms with Crippen LogP contribution in [0.25, 0.3) is 67.5 Å². The van der Waals surface area contributed by atoms with Crippen LogP contribution in [0.1, 0.15) is 49.7 Å². The standard InChI is InChI=1S/C50H40N4/c51-32-33-10-12-37(13-11-33)38-14-16-39(17-15-38)40-18-20-43(21-19-40)48-52-47(42-6-2-1-3-7-42)53-49(54-48)46-9-5-4-8-45(46)41-22-24-44(25-23-41)50-29-34-26-35(30-50)28-36(27-34)31-50/h1-25,34-36H,26-31H2/t34-,35+,36-,50?. The summed E-state index contributed by atoms with van der Waals surface area (Å²) in [6.45, 7) is 0. The van der Waals surface area contributed by atoms with Gasteiger partial charge >= 0.3 is 0 Å². The van der Waals surface area contributed by atoms with Crippen LogP contribution in [-0.2, 0) is 5.41 Å². The van der Waals surface area contributed by atoms with Gasteiger partial charge in [0.1, 0.15) is 0 Å². The lowest BCUT2D eigenvalue weighted by atomic mass is 9.48. The second-order valence-electron chi connectivity index (χ2n) is 15.8. The molecule has 4 saturated carbocycles. The molecule has 4 aliphatic carbocycles. The Morgan fingerprint density at radius 1 is 0.407 bits per heavy atom. The first-order valence-electron chi connectivity index (χ1n) is 19.3. The topological polar surface area (TPSA) is 62.5 Å². The Bertz CT molecular complexity index is 2460. The van der Waals surface area contributed by atoms with Crippen molar-refractivity contribution in [2.45, 2.75) is 43.9 Å². The number of benzene rings is 6. The number of nitrogens with zero attached hydrogens (tertiary/aromatic N) is 4. The third kappa shape index (κ3) is 6.00. The summed E-state index contributed by atoms with van der Waals surface area (Å²) < 4.78 is 0. The van der Waals surface area contributed by atoms with Crippen molar-refractivity contribution < 1.29 is 0 Å². The van der Waals surface area contributed by atoms with Crippen LogP contribution in [-0.4, -0.2) is 15.0 Å². The molecule has 0 aliphatic heterocycles. The number of rotatable bonds is 7. The van der Waals surface area contributed by atoms with E-state index in [1.165, 1.54) is 44.1 Å². The van der Waals surface area contributed by atoms with Crippen molar-refractivity contribution in [2.75, 3.05) is 0 Å². The van der Waals surface area contributed by atoms with Gasteiger partial charge in [-0.3, -0.25) is 0 Å². The minimum absolute atomic E-state index is 0.381. The van der Waals surface area contributed by atoms with Gasteiger partial charge < -0.3 is 0 Å². The Labute approximate surface area is 317 Å². The minimum atomic E-state index is 0.381. The first-order chi connectivity index (χ1) is 26.6. The van der Waals surface area contributed by atoms with Crippen molar-refractivity contribution in [3.05, 3.63) is 163 Å². The van der Waals surface area contributed by atoms with Crippen molar-refractivity contribution in [1.29, 1.82) is 5.26 Å². The van der Waals surface area contributed by atoms with E-state index in [2.05, 4.69) is 115 Å². The van der Waals surface area contributed by atoms with Gasteiger partial charge in [-0.1, -0.05) is 140 Å². The third-order valence-electron chi connectivity index (χ3n) is 12.4. The Kier molecular flexibility index (Phi) is 8.02. The number of aromatic nitrogens is 3. The Morgan fingerprint density at radius 3 is 1.33 bits per heavy atom. The highest BCUT2D eigenvalue weighted by Gasteiger charge is 2.51. The van der Waals surface area contributed by atoms with E-state index in [0.29, 0.717) is 28.5 Å². The summed E-state index contributed by atoms with van der Waals surface area (Å²) in [6, 6.07) is 55.2. The van der Waals surface area contributed by atoms with Gasteiger partial charge in [0.25, 0.3) is 0 Å². The largest absolute Gasteiger partial charge is 0.208 e. The van der Waals surface area contributed by atoms with E-state index in [-0.39, 0.29) is 0 Å². The number of hydrogen-bond donors (Lipinski definition) is 0. The molecule has 11 rings (SSSR count). The van der Waals surface area contributed by atoms with Crippen LogP contribution >= 0.6 is 0 Å². The molecular formula is C50H40N4. The Morgan fingerprint density at radius 2 is 0.815 bits per heavy atom. The minimum Gasteiger partial charge on any atom is -0.208 e. The molecule has 0 spiro atoms. The highest BCUT2D eigenvalue weighted by atomic mass is 15.0. The lowest BCUT2D eigenvalue weighted by Crippen LogP contribution is -2.48. The van der Waals surface area contributed by atoms with Crippen LogP contribution in [0.15, 0.2) is 152 Å². The van der Waals surface area contributed by atoms with Gasteiger partial charge in [-0.2, -0.15) is 5.26 Å². The molecule has 6 aromatic carbocycles. The maximum Gasteiger partial charge on any atom is 0.164 e. The van der Waals surface area contributed by atoms with Crippen molar-refractivity contribution >= 4 is 0 Å². The van der Waals surface area contributed by atoms with Crippen LogP contribution in [0, 0.1) is 29.1 Å². The zero-order valence-electron chi connectivity index (χ0n) is 30.2. The van der Waals surface area contributed by atoms with Gasteiger partial charge in [-0.15, -0.1) is 0 Å². The van der Waals surface area contributed by atoms with E-state index in [9.17, 15) is 0 Å². The second kappa shape index (κ2) is 13.3. The molecule has 4 fully saturated rings. The Balaban J connectivity index is 0.976. The summed E-state index contributed by atoms with van der Waals surface area (Å²) in [5.74, 6) is 4.76. The first kappa shape index (κ1) is 32.5. The first-order valence-corrected chi connectivity index (χ1v) is 19.3. The van der Waals surface area contributed by atoms with Gasteiger partial charge in [0.15, 0.2) is 17.5 Å². The van der Waals surface area contributed by atoms with Crippen molar-refractivity contribution in [2.24, 2.45) is 17.8 Å². The molecule has 0 atom stereocenters. The molecule has 4 bridgehead atoms. The summed E-state index contributed by atoms with van der Waals surface area (Å²) in [5.41, 5.74) is 12.3. The van der Waals surface area contributed by atoms with Crippen LogP contribution in [0.4, 0.5) is 0 Å². The second-order valence-corrected chi connectivity index (χ2v) is 15.8. The van der Waals surface area contributed by atoms with Gasteiger partial charge in [0.2, 0.25) is 0 Å². The summed E-state index contributed by atoms with van der Waals surface area (Å²) in [5, 5.41) is 9.15. The molecule has 4 heteroatoms. The molecule has 7 aromatic rings. The molecule has 4 nitrogen and oxygen atoms in total. The highest BCUT2D eigenvalue weighted by molar-refractivity contribution is 5.82. The summed E-state index contributed by atoms with van der Waals surface area (Å²) in [6.07, 6.45) is 8.50. The van der Waals surface area contributed by atoms with Crippen LogP contribution in [0.2, 0.25) is 0 Å². The maximum atomic E-state index is 9.15. The van der Waals surface area contributed by atoms with E-state index in [4.69, 9.17) is 20.2 Å². The number of hydrogen-bond acceptors (Lipinski definition) is 4. The highest BCUT2D eigenvalue weighted by Crippen LogP contribution is 2.60. The van der Waals surface area contributed by atoms with E-state index in [1.807, 2.05) is 42.5 Å². The molecule has 0 amide bonds. The summed E-state index contributed by atoms with van der Waals surface area (Å²) in [4.78, 5) is 15.3. The average molecular weight is 697 g/mol. The van der Waals surface area contributed by atoms with Crippen molar-refractivity contribution in [3.8, 4) is 73.6 Å². The van der Waals surface area contributed by atoms with Crippen LogP contribution in [0.5, 0.6) is 0 Å². The number of nitriles is 1.